The molecule has 35 heavy (non-hydrogen) atoms. The van der Waals surface area contributed by atoms with Crippen molar-refractivity contribution in [1.82, 2.24) is 4.90 Å². The number of carbonyl (C=O) groups excluding carboxylic acids is 2. The van der Waals surface area contributed by atoms with Crippen LogP contribution in [0.1, 0.15) is 43.9 Å². The van der Waals surface area contributed by atoms with E-state index in [0.717, 1.165) is 12.8 Å². The Balaban J connectivity index is 1.83. The predicted molar refractivity (Wildman–Crippen MR) is 130 cm³/mol. The fourth-order valence-corrected chi connectivity index (χ4v) is 4.58. The molecule has 2 unspecified atom stereocenters. The zero-order valence-corrected chi connectivity index (χ0v) is 20.3. The van der Waals surface area contributed by atoms with Crippen LogP contribution in [0.3, 0.4) is 0 Å². The molecule has 1 N–H and O–H groups in total. The van der Waals surface area contributed by atoms with Crippen molar-refractivity contribution in [1.29, 1.82) is 0 Å². The highest BCUT2D eigenvalue weighted by molar-refractivity contribution is 6.46. The third-order valence-corrected chi connectivity index (χ3v) is 6.21. The van der Waals surface area contributed by atoms with Gasteiger partial charge in [0.1, 0.15) is 23.0 Å². The summed E-state index contributed by atoms with van der Waals surface area (Å²) < 4.78 is 22.3. The number of likely N-dealkylation sites (tertiary alicyclic amines) is 1. The van der Waals surface area contributed by atoms with Gasteiger partial charge in [0.05, 0.1) is 43.6 Å². The first-order chi connectivity index (χ1) is 17.0. The van der Waals surface area contributed by atoms with E-state index in [0.29, 0.717) is 48.2 Å². The molecule has 0 aromatic heterocycles. The zero-order valence-electron chi connectivity index (χ0n) is 20.3. The highest BCUT2D eigenvalue weighted by Crippen LogP contribution is 2.42. The molecule has 8 heteroatoms. The molecule has 2 atom stereocenters. The molecule has 2 aliphatic rings. The van der Waals surface area contributed by atoms with E-state index >= 15 is 0 Å². The van der Waals surface area contributed by atoms with E-state index in [2.05, 4.69) is 0 Å². The Hall–Kier alpha value is -3.52. The quantitative estimate of drug-likeness (QED) is 0.327. The normalized spacial score (nSPS) is 21.4. The average molecular weight is 482 g/mol. The summed E-state index contributed by atoms with van der Waals surface area (Å²) in [6, 6.07) is 11.4. The van der Waals surface area contributed by atoms with Gasteiger partial charge in [-0.05, 0) is 56.5 Å². The monoisotopic (exact) mass is 481 g/mol. The minimum absolute atomic E-state index is 0.0169. The molecule has 1 amide bonds. The fraction of sp³-hybridized carbons (Fsp3) is 0.407. The first-order valence-corrected chi connectivity index (χ1v) is 11.9. The number of methoxy groups -OCH3 is 1. The van der Waals surface area contributed by atoms with Gasteiger partial charge in [0, 0.05) is 19.2 Å². The topological polar surface area (TPSA) is 94.5 Å². The van der Waals surface area contributed by atoms with E-state index < -0.39 is 17.7 Å². The van der Waals surface area contributed by atoms with Crippen molar-refractivity contribution < 1.29 is 33.6 Å². The van der Waals surface area contributed by atoms with Crippen molar-refractivity contribution in [3.63, 3.8) is 0 Å². The standard InChI is InChI=1S/C27H31NO7/c1-4-33-19-12-13-21(22(15-19)34-5-2)25(29)23-24(17-8-10-18(32-3)11-9-17)28(27(31)26(23)30)16-20-7-6-14-35-20/h8-13,15,20,24,29H,4-7,14,16H2,1-3H3/b25-23-. The smallest absolute Gasteiger partial charge is 0.295 e. The number of benzene rings is 2. The molecule has 2 heterocycles. The lowest BCUT2D eigenvalue weighted by Crippen LogP contribution is -2.36. The third-order valence-electron chi connectivity index (χ3n) is 6.21. The summed E-state index contributed by atoms with van der Waals surface area (Å²) in [6.45, 7) is 5.42. The van der Waals surface area contributed by atoms with Crippen LogP contribution in [0.2, 0.25) is 0 Å². The number of rotatable bonds is 9. The third kappa shape index (κ3) is 4.98. The molecule has 0 spiro atoms. The largest absolute Gasteiger partial charge is 0.507 e. The molecule has 2 saturated heterocycles. The molecule has 0 saturated carbocycles. The van der Waals surface area contributed by atoms with Crippen LogP contribution in [-0.4, -0.2) is 61.3 Å². The Morgan fingerprint density at radius 2 is 1.77 bits per heavy atom. The van der Waals surface area contributed by atoms with Crippen molar-refractivity contribution in [3.8, 4) is 17.2 Å². The number of aliphatic hydroxyl groups is 1. The van der Waals surface area contributed by atoms with Gasteiger partial charge < -0.3 is 29.0 Å². The highest BCUT2D eigenvalue weighted by Gasteiger charge is 2.47. The van der Waals surface area contributed by atoms with Crippen LogP contribution in [0, 0.1) is 0 Å². The minimum atomic E-state index is -0.772. The molecule has 2 aromatic carbocycles. The summed E-state index contributed by atoms with van der Waals surface area (Å²) in [7, 11) is 1.57. The molecule has 186 valence electrons. The lowest BCUT2D eigenvalue weighted by Gasteiger charge is -2.27. The number of carbonyl (C=O) groups is 2. The van der Waals surface area contributed by atoms with Crippen LogP contribution in [0.5, 0.6) is 17.2 Å². The van der Waals surface area contributed by atoms with Gasteiger partial charge in [-0.1, -0.05) is 12.1 Å². The lowest BCUT2D eigenvalue weighted by molar-refractivity contribution is -0.140. The number of hydrogen-bond acceptors (Lipinski definition) is 7. The van der Waals surface area contributed by atoms with E-state index in [1.807, 2.05) is 13.8 Å². The molecule has 4 rings (SSSR count). The second-order valence-electron chi connectivity index (χ2n) is 8.38. The van der Waals surface area contributed by atoms with Crippen molar-refractivity contribution in [3.05, 3.63) is 59.2 Å². The summed E-state index contributed by atoms with van der Waals surface area (Å²) in [6.07, 6.45) is 1.57. The SMILES string of the molecule is CCOc1ccc(/C(O)=C2/C(=O)C(=O)N(CC3CCCO3)C2c2ccc(OC)cc2)c(OCC)c1. The van der Waals surface area contributed by atoms with Crippen LogP contribution >= 0.6 is 0 Å². The number of ether oxygens (including phenoxy) is 4. The Morgan fingerprint density at radius 1 is 1.06 bits per heavy atom. The summed E-state index contributed by atoms with van der Waals surface area (Å²) in [5.41, 5.74) is 1.03. The van der Waals surface area contributed by atoms with E-state index in [-0.39, 0.29) is 24.0 Å². The molecule has 2 fully saturated rings. The van der Waals surface area contributed by atoms with Gasteiger partial charge in [-0.2, -0.15) is 0 Å². The Morgan fingerprint density at radius 3 is 2.40 bits per heavy atom. The number of ketones is 1. The Bertz CT molecular complexity index is 1100. The molecule has 0 radical (unpaired) electrons. The van der Waals surface area contributed by atoms with Crippen molar-refractivity contribution in [2.45, 2.75) is 38.8 Å². The molecular weight excluding hydrogens is 450 g/mol. The Kier molecular flexibility index (Phi) is 7.60. The first-order valence-electron chi connectivity index (χ1n) is 11.9. The number of Topliss-reactive ketones (excluding diaryl/α,β-unsaturated/α-hetero) is 1. The number of hydrogen-bond donors (Lipinski definition) is 1. The summed E-state index contributed by atoms with van der Waals surface area (Å²) in [5, 5.41) is 11.5. The van der Waals surface area contributed by atoms with E-state index in [1.165, 1.54) is 4.90 Å². The second kappa shape index (κ2) is 10.8. The molecule has 2 aromatic rings. The van der Waals surface area contributed by atoms with E-state index in [9.17, 15) is 14.7 Å². The number of nitrogens with zero attached hydrogens (tertiary/aromatic N) is 1. The molecule has 8 nitrogen and oxygen atoms in total. The second-order valence-corrected chi connectivity index (χ2v) is 8.38. The highest BCUT2D eigenvalue weighted by atomic mass is 16.5. The maximum Gasteiger partial charge on any atom is 0.295 e. The predicted octanol–water partition coefficient (Wildman–Crippen LogP) is 4.09. The molecule has 2 aliphatic heterocycles. The lowest BCUT2D eigenvalue weighted by atomic mass is 9.94. The fourth-order valence-electron chi connectivity index (χ4n) is 4.58. The maximum absolute atomic E-state index is 13.3. The van der Waals surface area contributed by atoms with Crippen LogP contribution in [0.25, 0.3) is 5.76 Å². The summed E-state index contributed by atoms with van der Waals surface area (Å²) in [5.74, 6) is -0.0855. The van der Waals surface area contributed by atoms with Gasteiger partial charge in [-0.25, -0.2) is 0 Å². The summed E-state index contributed by atoms with van der Waals surface area (Å²) in [4.78, 5) is 28.0. The first kappa shape index (κ1) is 24.6. The van der Waals surface area contributed by atoms with Crippen molar-refractivity contribution in [2.24, 2.45) is 0 Å². The van der Waals surface area contributed by atoms with Crippen LogP contribution in [0.4, 0.5) is 0 Å². The molecular formula is C27H31NO7. The van der Waals surface area contributed by atoms with E-state index in [1.54, 1.807) is 49.6 Å². The molecule has 0 aliphatic carbocycles. The molecule has 0 bridgehead atoms. The zero-order chi connectivity index (χ0) is 24.9. The van der Waals surface area contributed by atoms with Crippen molar-refractivity contribution in [2.75, 3.05) is 33.5 Å². The van der Waals surface area contributed by atoms with Crippen LogP contribution < -0.4 is 14.2 Å². The summed E-state index contributed by atoms with van der Waals surface area (Å²) >= 11 is 0. The van der Waals surface area contributed by atoms with Gasteiger partial charge >= 0.3 is 0 Å². The van der Waals surface area contributed by atoms with Crippen LogP contribution in [0.15, 0.2) is 48.0 Å². The van der Waals surface area contributed by atoms with E-state index in [4.69, 9.17) is 18.9 Å². The van der Waals surface area contributed by atoms with Crippen molar-refractivity contribution >= 4 is 17.4 Å². The van der Waals surface area contributed by atoms with Gasteiger partial charge in [-0.3, -0.25) is 9.59 Å². The average Bonchev–Trinajstić information content (AvgIpc) is 3.47. The van der Waals surface area contributed by atoms with Gasteiger partial charge in [0.25, 0.3) is 11.7 Å². The van der Waals surface area contributed by atoms with Crippen LogP contribution in [-0.2, 0) is 14.3 Å². The minimum Gasteiger partial charge on any atom is -0.507 e. The maximum atomic E-state index is 13.3. The van der Waals surface area contributed by atoms with Gasteiger partial charge in [-0.15, -0.1) is 0 Å². The number of amides is 1. The van der Waals surface area contributed by atoms with Gasteiger partial charge in [0.2, 0.25) is 0 Å². The Labute approximate surface area is 205 Å². The van der Waals surface area contributed by atoms with Gasteiger partial charge in [0.15, 0.2) is 0 Å². The number of aliphatic hydroxyl groups excluding tert-OH is 1.